The number of ketones is 1. The third-order valence-electron chi connectivity index (χ3n) is 4.95. The molecule has 0 radical (unpaired) electrons. The van der Waals surface area contributed by atoms with Crippen molar-refractivity contribution in [3.8, 4) is 11.5 Å². The summed E-state index contributed by atoms with van der Waals surface area (Å²) >= 11 is 0. The first kappa shape index (κ1) is 23.0. The molecule has 3 rings (SSSR count). The minimum absolute atomic E-state index is 0.0567. The zero-order valence-corrected chi connectivity index (χ0v) is 17.8. The van der Waals surface area contributed by atoms with E-state index in [1.54, 1.807) is 12.1 Å². The number of methoxy groups -OCH3 is 2. The molecule has 9 heteroatoms. The zero-order chi connectivity index (χ0) is 23.4. The van der Waals surface area contributed by atoms with E-state index in [-0.39, 0.29) is 35.8 Å². The first-order valence-corrected chi connectivity index (χ1v) is 9.68. The Morgan fingerprint density at radius 2 is 1.81 bits per heavy atom. The van der Waals surface area contributed by atoms with Crippen molar-refractivity contribution < 1.29 is 38.1 Å². The number of aliphatic hydroxyl groups is 1. The Kier molecular flexibility index (Phi) is 6.89. The Hall–Kier alpha value is -3.72. The Balaban J connectivity index is 2.17. The second kappa shape index (κ2) is 9.61. The lowest BCUT2D eigenvalue weighted by Crippen LogP contribution is -2.32. The number of benzene rings is 2. The standard InChI is InChI=1S/C23H22FNO7/c1-13(26)32-16-7-4-14(5-8-16)20-19(22(28)23(29)25(20)10-11-30-2)21(27)17-12-15(24)6-9-18(17)31-3/h4-9,12,20,27H,10-11H2,1-3H3/b21-19+. The number of esters is 1. The number of carbonyl (C=O) groups excluding carboxylic acids is 3. The Morgan fingerprint density at radius 3 is 2.41 bits per heavy atom. The topological polar surface area (TPSA) is 102 Å². The predicted octanol–water partition coefficient (Wildman–Crippen LogP) is 2.83. The van der Waals surface area contributed by atoms with Gasteiger partial charge in [-0.15, -0.1) is 0 Å². The van der Waals surface area contributed by atoms with Gasteiger partial charge in [0.1, 0.15) is 23.1 Å². The number of rotatable bonds is 7. The molecule has 1 heterocycles. The molecular weight excluding hydrogens is 421 g/mol. The highest BCUT2D eigenvalue weighted by atomic mass is 19.1. The molecule has 0 saturated carbocycles. The third kappa shape index (κ3) is 4.47. The molecule has 2 aromatic rings. The molecule has 8 nitrogen and oxygen atoms in total. The predicted molar refractivity (Wildman–Crippen MR) is 112 cm³/mol. The van der Waals surface area contributed by atoms with E-state index < -0.39 is 35.3 Å². The molecule has 0 spiro atoms. The summed E-state index contributed by atoms with van der Waals surface area (Å²) in [5, 5.41) is 11.0. The second-order valence-corrected chi connectivity index (χ2v) is 6.99. The SMILES string of the molecule is COCCN1C(=O)C(=O)/C(=C(/O)c2cc(F)ccc2OC)C1c1ccc(OC(C)=O)cc1. The van der Waals surface area contributed by atoms with E-state index >= 15 is 0 Å². The van der Waals surface area contributed by atoms with Crippen molar-refractivity contribution in [1.82, 2.24) is 4.90 Å². The fourth-order valence-electron chi connectivity index (χ4n) is 3.54. The molecule has 168 valence electrons. The largest absolute Gasteiger partial charge is 0.507 e. The summed E-state index contributed by atoms with van der Waals surface area (Å²) in [5.74, 6) is -3.04. The van der Waals surface area contributed by atoms with Crippen molar-refractivity contribution in [3.05, 3.63) is 65.0 Å². The van der Waals surface area contributed by atoms with Gasteiger partial charge in [0.15, 0.2) is 0 Å². The lowest BCUT2D eigenvalue weighted by atomic mass is 9.95. The van der Waals surface area contributed by atoms with Gasteiger partial charge in [-0.25, -0.2) is 4.39 Å². The Morgan fingerprint density at radius 1 is 1.12 bits per heavy atom. The van der Waals surface area contributed by atoms with Gasteiger partial charge < -0.3 is 24.2 Å². The summed E-state index contributed by atoms with van der Waals surface area (Å²) in [7, 11) is 2.80. The minimum atomic E-state index is -0.968. The summed E-state index contributed by atoms with van der Waals surface area (Å²) in [5.41, 5.74) is 0.210. The maximum Gasteiger partial charge on any atom is 0.308 e. The molecule has 2 aromatic carbocycles. The molecule has 0 bridgehead atoms. The lowest BCUT2D eigenvalue weighted by molar-refractivity contribution is -0.140. The highest BCUT2D eigenvalue weighted by Crippen LogP contribution is 2.41. The maximum atomic E-state index is 13.9. The quantitative estimate of drug-likeness (QED) is 0.231. The summed E-state index contributed by atoms with van der Waals surface area (Å²) in [6, 6.07) is 8.69. The lowest BCUT2D eigenvalue weighted by Gasteiger charge is -2.25. The highest BCUT2D eigenvalue weighted by molar-refractivity contribution is 6.46. The maximum absolute atomic E-state index is 13.9. The molecular formula is C23H22FNO7. The number of hydrogen-bond donors (Lipinski definition) is 1. The van der Waals surface area contributed by atoms with Crippen LogP contribution in [0.4, 0.5) is 4.39 Å². The molecule has 1 fully saturated rings. The average Bonchev–Trinajstić information content (AvgIpc) is 3.02. The van der Waals surface area contributed by atoms with Gasteiger partial charge in [-0.3, -0.25) is 14.4 Å². The van der Waals surface area contributed by atoms with Crippen molar-refractivity contribution in [1.29, 1.82) is 0 Å². The number of carbonyl (C=O) groups is 3. The van der Waals surface area contributed by atoms with E-state index in [2.05, 4.69) is 0 Å². The van der Waals surface area contributed by atoms with Crippen molar-refractivity contribution in [2.24, 2.45) is 0 Å². The Labute approximate surface area is 183 Å². The fraction of sp³-hybridized carbons (Fsp3) is 0.261. The smallest absolute Gasteiger partial charge is 0.308 e. The number of ether oxygens (including phenoxy) is 3. The van der Waals surface area contributed by atoms with Gasteiger partial charge in [0, 0.05) is 20.6 Å². The molecule has 1 unspecified atom stereocenters. The number of hydrogen-bond acceptors (Lipinski definition) is 7. The van der Waals surface area contributed by atoms with Crippen LogP contribution in [-0.2, 0) is 19.1 Å². The number of aliphatic hydroxyl groups excluding tert-OH is 1. The van der Waals surface area contributed by atoms with Crippen LogP contribution in [0.1, 0.15) is 24.1 Å². The van der Waals surface area contributed by atoms with Crippen LogP contribution < -0.4 is 9.47 Å². The van der Waals surface area contributed by atoms with E-state index in [1.807, 2.05) is 0 Å². The number of likely N-dealkylation sites (tertiary alicyclic amines) is 1. The molecule has 1 aliphatic rings. The van der Waals surface area contributed by atoms with Crippen molar-refractivity contribution in [2.75, 3.05) is 27.4 Å². The molecule has 32 heavy (non-hydrogen) atoms. The average molecular weight is 443 g/mol. The van der Waals surface area contributed by atoms with Crippen LogP contribution in [0.15, 0.2) is 48.0 Å². The van der Waals surface area contributed by atoms with Gasteiger partial charge in [-0.05, 0) is 35.9 Å². The fourth-order valence-corrected chi connectivity index (χ4v) is 3.54. The highest BCUT2D eigenvalue weighted by Gasteiger charge is 2.46. The van der Waals surface area contributed by atoms with Gasteiger partial charge in [-0.2, -0.15) is 0 Å². The summed E-state index contributed by atoms with van der Waals surface area (Å²) < 4.78 is 29.2. The van der Waals surface area contributed by atoms with Crippen LogP contribution in [0, 0.1) is 5.82 Å². The van der Waals surface area contributed by atoms with Gasteiger partial charge in [-0.1, -0.05) is 12.1 Å². The van der Waals surface area contributed by atoms with Crippen molar-refractivity contribution in [3.63, 3.8) is 0 Å². The summed E-state index contributed by atoms with van der Waals surface area (Å²) in [4.78, 5) is 38.1. The molecule has 1 saturated heterocycles. The van der Waals surface area contributed by atoms with Crippen molar-refractivity contribution >= 4 is 23.4 Å². The first-order valence-electron chi connectivity index (χ1n) is 9.68. The molecule has 1 N–H and O–H groups in total. The number of Topliss-reactive ketones (excluding diaryl/α,β-unsaturated/α-hetero) is 1. The van der Waals surface area contributed by atoms with Crippen LogP contribution in [0.3, 0.4) is 0 Å². The van der Waals surface area contributed by atoms with Gasteiger partial charge >= 0.3 is 5.97 Å². The molecule has 0 aliphatic carbocycles. The van der Waals surface area contributed by atoms with Gasteiger partial charge in [0.25, 0.3) is 11.7 Å². The van der Waals surface area contributed by atoms with E-state index in [0.717, 1.165) is 12.1 Å². The number of nitrogens with zero attached hydrogens (tertiary/aromatic N) is 1. The molecule has 0 aromatic heterocycles. The van der Waals surface area contributed by atoms with E-state index in [1.165, 1.54) is 44.2 Å². The molecule has 1 aliphatic heterocycles. The molecule has 1 atom stereocenters. The van der Waals surface area contributed by atoms with Crippen LogP contribution >= 0.6 is 0 Å². The van der Waals surface area contributed by atoms with Crippen LogP contribution in [-0.4, -0.2) is 55.0 Å². The van der Waals surface area contributed by atoms with E-state index in [0.29, 0.717) is 5.56 Å². The number of halogens is 1. The molecule has 1 amide bonds. The number of amides is 1. The van der Waals surface area contributed by atoms with Gasteiger partial charge in [0.2, 0.25) is 0 Å². The van der Waals surface area contributed by atoms with Crippen LogP contribution in [0.2, 0.25) is 0 Å². The Bertz CT molecular complexity index is 1080. The van der Waals surface area contributed by atoms with E-state index in [9.17, 15) is 23.9 Å². The minimum Gasteiger partial charge on any atom is -0.507 e. The van der Waals surface area contributed by atoms with E-state index in [4.69, 9.17) is 14.2 Å². The van der Waals surface area contributed by atoms with Crippen LogP contribution in [0.5, 0.6) is 11.5 Å². The first-order chi connectivity index (χ1) is 15.3. The normalized spacial score (nSPS) is 17.5. The monoisotopic (exact) mass is 443 g/mol. The van der Waals surface area contributed by atoms with Gasteiger partial charge in [0.05, 0.1) is 30.9 Å². The van der Waals surface area contributed by atoms with Crippen LogP contribution in [0.25, 0.3) is 5.76 Å². The zero-order valence-electron chi connectivity index (χ0n) is 17.8. The second-order valence-electron chi connectivity index (χ2n) is 6.99. The van der Waals surface area contributed by atoms with Crippen molar-refractivity contribution in [2.45, 2.75) is 13.0 Å². The third-order valence-corrected chi connectivity index (χ3v) is 4.95. The summed E-state index contributed by atoms with van der Waals surface area (Å²) in [6.07, 6.45) is 0. The summed E-state index contributed by atoms with van der Waals surface area (Å²) in [6.45, 7) is 1.49.